The fourth-order valence-electron chi connectivity index (χ4n) is 2.24. The lowest BCUT2D eigenvalue weighted by atomic mass is 10.1. The van der Waals surface area contributed by atoms with Gasteiger partial charge in [-0.3, -0.25) is 14.9 Å². The number of hydrogen-bond acceptors (Lipinski definition) is 3. The van der Waals surface area contributed by atoms with Gasteiger partial charge < -0.3 is 5.32 Å². The lowest BCUT2D eigenvalue weighted by Gasteiger charge is -2.07. The molecule has 0 bridgehead atoms. The van der Waals surface area contributed by atoms with Crippen LogP contribution in [-0.4, -0.2) is 21.1 Å². The van der Waals surface area contributed by atoms with Gasteiger partial charge >= 0.3 is 0 Å². The molecule has 0 saturated carbocycles. The summed E-state index contributed by atoms with van der Waals surface area (Å²) in [6.07, 6.45) is 1.92. The van der Waals surface area contributed by atoms with E-state index in [9.17, 15) is 4.79 Å². The molecule has 2 N–H and O–H groups in total. The number of nitrogens with zero attached hydrogens (tertiary/aromatic N) is 2. The van der Waals surface area contributed by atoms with Gasteiger partial charge in [0.05, 0.1) is 17.8 Å². The topological polar surface area (TPSA) is 70.7 Å². The average molecular weight is 292 g/mol. The van der Waals surface area contributed by atoms with Gasteiger partial charge in [0, 0.05) is 17.5 Å². The molecule has 0 fully saturated rings. The minimum atomic E-state index is -0.111. The van der Waals surface area contributed by atoms with Crippen LogP contribution in [0.2, 0.25) is 0 Å². The van der Waals surface area contributed by atoms with Crippen molar-refractivity contribution in [3.05, 3.63) is 66.1 Å². The summed E-state index contributed by atoms with van der Waals surface area (Å²) in [6, 6.07) is 15.3. The Labute approximate surface area is 128 Å². The smallest absolute Gasteiger partial charge is 0.230 e. The molecular weight excluding hydrogens is 276 g/mol. The summed E-state index contributed by atoms with van der Waals surface area (Å²) in [7, 11) is 0. The molecule has 5 heteroatoms. The third kappa shape index (κ3) is 3.03. The van der Waals surface area contributed by atoms with E-state index < -0.39 is 0 Å². The van der Waals surface area contributed by atoms with Crippen LogP contribution in [0.3, 0.4) is 0 Å². The number of rotatable bonds is 4. The molecule has 3 rings (SSSR count). The van der Waals surface area contributed by atoms with Crippen LogP contribution in [0, 0.1) is 6.92 Å². The number of amides is 1. The number of anilines is 1. The zero-order chi connectivity index (χ0) is 15.4. The molecule has 5 nitrogen and oxygen atoms in total. The van der Waals surface area contributed by atoms with E-state index in [1.54, 1.807) is 6.20 Å². The number of nitrogens with one attached hydrogen (secondary N) is 2. The average Bonchev–Trinajstić information content (AvgIpc) is 2.90. The Morgan fingerprint density at radius 1 is 1.14 bits per heavy atom. The number of carbonyl (C=O) groups is 1. The number of aryl methyl sites for hydroxylation is 1. The second kappa shape index (κ2) is 6.22. The highest BCUT2D eigenvalue weighted by Crippen LogP contribution is 2.28. The van der Waals surface area contributed by atoms with E-state index in [-0.39, 0.29) is 12.3 Å². The summed E-state index contributed by atoms with van der Waals surface area (Å²) < 4.78 is 0. The van der Waals surface area contributed by atoms with Crippen LogP contribution < -0.4 is 5.32 Å². The van der Waals surface area contributed by atoms with E-state index in [0.29, 0.717) is 5.69 Å². The fourth-order valence-corrected chi connectivity index (χ4v) is 2.24. The molecule has 110 valence electrons. The van der Waals surface area contributed by atoms with Crippen LogP contribution in [0.4, 0.5) is 5.69 Å². The summed E-state index contributed by atoms with van der Waals surface area (Å²) in [5.74, 6) is -0.111. The minimum absolute atomic E-state index is 0.111. The summed E-state index contributed by atoms with van der Waals surface area (Å²) in [4.78, 5) is 16.4. The Morgan fingerprint density at radius 2 is 1.91 bits per heavy atom. The van der Waals surface area contributed by atoms with Crippen LogP contribution in [0.15, 0.2) is 54.7 Å². The number of carbonyl (C=O) groups excluding carboxylic acids is 1. The van der Waals surface area contributed by atoms with Crippen molar-refractivity contribution < 1.29 is 4.79 Å². The molecule has 1 amide bonds. The highest BCUT2D eigenvalue weighted by atomic mass is 16.1. The van der Waals surface area contributed by atoms with Gasteiger partial charge in [-0.15, -0.1) is 0 Å². The lowest BCUT2D eigenvalue weighted by Crippen LogP contribution is -2.15. The van der Waals surface area contributed by atoms with Crippen molar-refractivity contribution in [2.45, 2.75) is 13.3 Å². The molecule has 0 aliphatic rings. The Balaban J connectivity index is 1.81. The molecule has 3 aromatic rings. The second-order valence-corrected chi connectivity index (χ2v) is 4.98. The molecule has 22 heavy (non-hydrogen) atoms. The van der Waals surface area contributed by atoms with Gasteiger partial charge in [0.25, 0.3) is 0 Å². The van der Waals surface area contributed by atoms with Crippen molar-refractivity contribution in [3.8, 4) is 11.3 Å². The van der Waals surface area contributed by atoms with Gasteiger partial charge in [0.2, 0.25) is 5.91 Å². The normalized spacial score (nSPS) is 10.4. The van der Waals surface area contributed by atoms with Crippen molar-refractivity contribution >= 4 is 11.6 Å². The zero-order valence-electron chi connectivity index (χ0n) is 12.2. The summed E-state index contributed by atoms with van der Waals surface area (Å²) >= 11 is 0. The molecule has 2 aromatic heterocycles. The third-order valence-electron chi connectivity index (χ3n) is 3.33. The van der Waals surface area contributed by atoms with Crippen molar-refractivity contribution in [3.63, 3.8) is 0 Å². The van der Waals surface area contributed by atoms with Crippen LogP contribution >= 0.6 is 0 Å². The summed E-state index contributed by atoms with van der Waals surface area (Å²) in [5, 5.41) is 10.1. The summed E-state index contributed by atoms with van der Waals surface area (Å²) in [5.41, 5.74) is 3.98. The number of pyridine rings is 1. The minimum Gasteiger partial charge on any atom is -0.322 e. The van der Waals surface area contributed by atoms with Crippen molar-refractivity contribution in [1.29, 1.82) is 0 Å². The molecule has 0 aliphatic carbocycles. The Hall–Kier alpha value is -2.95. The number of hydrogen-bond donors (Lipinski definition) is 2. The predicted octanol–water partition coefficient (Wildman–Crippen LogP) is 2.96. The van der Waals surface area contributed by atoms with Gasteiger partial charge in [-0.2, -0.15) is 5.10 Å². The van der Waals surface area contributed by atoms with Crippen LogP contribution in [-0.2, 0) is 11.2 Å². The van der Waals surface area contributed by atoms with E-state index >= 15 is 0 Å². The highest BCUT2D eigenvalue weighted by Gasteiger charge is 2.15. The monoisotopic (exact) mass is 292 g/mol. The van der Waals surface area contributed by atoms with Crippen molar-refractivity contribution in [2.24, 2.45) is 0 Å². The van der Waals surface area contributed by atoms with Gasteiger partial charge in [-0.1, -0.05) is 36.4 Å². The molecule has 0 atom stereocenters. The Bertz CT molecular complexity index is 766. The van der Waals surface area contributed by atoms with Crippen LogP contribution in [0.1, 0.15) is 11.4 Å². The predicted molar refractivity (Wildman–Crippen MR) is 85.3 cm³/mol. The van der Waals surface area contributed by atoms with E-state index in [1.165, 1.54) is 0 Å². The maximum absolute atomic E-state index is 12.2. The van der Waals surface area contributed by atoms with Gasteiger partial charge in [-0.25, -0.2) is 0 Å². The number of benzene rings is 1. The molecule has 0 radical (unpaired) electrons. The standard InChI is InChI=1S/C17H16N4O/c1-12-16(17(21-20-12)13-7-3-2-4-8-13)19-15(22)11-14-9-5-6-10-18-14/h2-10H,11H2,1H3,(H,19,22)(H,20,21). The number of H-pyrrole nitrogens is 1. The first-order valence-electron chi connectivity index (χ1n) is 7.04. The van der Waals surface area contributed by atoms with E-state index in [2.05, 4.69) is 20.5 Å². The van der Waals surface area contributed by atoms with Gasteiger partial charge in [-0.05, 0) is 19.1 Å². The van der Waals surface area contributed by atoms with Gasteiger partial charge in [0.1, 0.15) is 5.69 Å². The SMILES string of the molecule is Cc1[nH]nc(-c2ccccc2)c1NC(=O)Cc1ccccn1. The zero-order valence-corrected chi connectivity index (χ0v) is 12.2. The quantitative estimate of drug-likeness (QED) is 0.776. The molecule has 0 saturated heterocycles. The maximum atomic E-state index is 12.2. The molecule has 1 aromatic carbocycles. The van der Waals surface area contributed by atoms with Gasteiger partial charge in [0.15, 0.2) is 0 Å². The number of aromatic amines is 1. The lowest BCUT2D eigenvalue weighted by molar-refractivity contribution is -0.115. The molecular formula is C17H16N4O. The molecule has 0 unspecified atom stereocenters. The van der Waals surface area contributed by atoms with Crippen LogP contribution in [0.5, 0.6) is 0 Å². The first-order valence-corrected chi connectivity index (χ1v) is 7.04. The Kier molecular flexibility index (Phi) is 3.96. The maximum Gasteiger partial charge on any atom is 0.230 e. The van der Waals surface area contributed by atoms with Crippen LogP contribution in [0.25, 0.3) is 11.3 Å². The van der Waals surface area contributed by atoms with E-state index in [4.69, 9.17) is 0 Å². The van der Waals surface area contributed by atoms with Crippen molar-refractivity contribution in [1.82, 2.24) is 15.2 Å². The molecule has 2 heterocycles. The second-order valence-electron chi connectivity index (χ2n) is 4.98. The highest BCUT2D eigenvalue weighted by molar-refractivity contribution is 5.96. The first-order chi connectivity index (χ1) is 10.7. The third-order valence-corrected chi connectivity index (χ3v) is 3.33. The number of aromatic nitrogens is 3. The van der Waals surface area contributed by atoms with E-state index in [1.807, 2.05) is 55.5 Å². The largest absolute Gasteiger partial charge is 0.322 e. The molecule has 0 spiro atoms. The molecule has 0 aliphatic heterocycles. The Morgan fingerprint density at radius 3 is 2.64 bits per heavy atom. The first kappa shape index (κ1) is 14.0. The summed E-state index contributed by atoms with van der Waals surface area (Å²) in [6.45, 7) is 1.88. The van der Waals surface area contributed by atoms with Crippen molar-refractivity contribution in [2.75, 3.05) is 5.32 Å². The van der Waals surface area contributed by atoms with E-state index in [0.717, 1.165) is 22.6 Å². The fraction of sp³-hybridized carbons (Fsp3) is 0.118.